The maximum absolute atomic E-state index is 5.88. The fourth-order valence-corrected chi connectivity index (χ4v) is 2.03. The van der Waals surface area contributed by atoms with Crippen molar-refractivity contribution in [1.82, 2.24) is 10.3 Å². The van der Waals surface area contributed by atoms with Gasteiger partial charge in [-0.15, -0.1) is 0 Å². The Morgan fingerprint density at radius 2 is 2.00 bits per heavy atom. The molecule has 3 heteroatoms. The number of nitrogens with one attached hydrogen (secondary N) is 1. The van der Waals surface area contributed by atoms with E-state index in [9.17, 15) is 0 Å². The molecule has 0 amide bonds. The molecule has 0 aliphatic rings. The molecular weight excluding hydrogens is 248 g/mol. The van der Waals surface area contributed by atoms with Crippen LogP contribution in [0.3, 0.4) is 0 Å². The Bertz CT molecular complexity index is 567. The Labute approximate surface area is 121 Å². The van der Waals surface area contributed by atoms with Gasteiger partial charge in [0.25, 0.3) is 0 Å². The zero-order chi connectivity index (χ0) is 14.4. The first-order valence-corrected chi connectivity index (χ1v) is 7.16. The van der Waals surface area contributed by atoms with E-state index in [2.05, 4.69) is 42.3 Å². The highest BCUT2D eigenvalue weighted by Gasteiger charge is 2.05. The third-order valence-electron chi connectivity index (χ3n) is 3.19. The van der Waals surface area contributed by atoms with Gasteiger partial charge in [0.1, 0.15) is 5.75 Å². The SMILES string of the molecule is CCNCc1cnc(Oc2cccc(CC)c2)c(C)c1. The minimum atomic E-state index is 0.679. The van der Waals surface area contributed by atoms with E-state index < -0.39 is 0 Å². The van der Waals surface area contributed by atoms with E-state index in [1.54, 1.807) is 0 Å². The summed E-state index contributed by atoms with van der Waals surface area (Å²) < 4.78 is 5.88. The number of nitrogens with zero attached hydrogens (tertiary/aromatic N) is 1. The average molecular weight is 270 g/mol. The van der Waals surface area contributed by atoms with Crippen molar-refractivity contribution in [3.63, 3.8) is 0 Å². The standard InChI is InChI=1S/C17H22N2O/c1-4-14-7-6-8-16(10-14)20-17-13(3)9-15(12-19-17)11-18-5-2/h6-10,12,18H,4-5,11H2,1-3H3. The van der Waals surface area contributed by atoms with Crippen LogP contribution < -0.4 is 10.1 Å². The van der Waals surface area contributed by atoms with Gasteiger partial charge in [-0.2, -0.15) is 0 Å². The van der Waals surface area contributed by atoms with E-state index >= 15 is 0 Å². The molecule has 0 saturated carbocycles. The first-order valence-electron chi connectivity index (χ1n) is 7.16. The first-order chi connectivity index (χ1) is 9.72. The summed E-state index contributed by atoms with van der Waals surface area (Å²) >= 11 is 0. The van der Waals surface area contributed by atoms with Gasteiger partial charge in [0.2, 0.25) is 5.88 Å². The van der Waals surface area contributed by atoms with Crippen LogP contribution in [0.2, 0.25) is 0 Å². The van der Waals surface area contributed by atoms with Gasteiger partial charge in [-0.3, -0.25) is 0 Å². The van der Waals surface area contributed by atoms with Crippen LogP contribution in [0.5, 0.6) is 11.6 Å². The summed E-state index contributed by atoms with van der Waals surface area (Å²) in [6.07, 6.45) is 2.87. The summed E-state index contributed by atoms with van der Waals surface area (Å²) in [6.45, 7) is 8.06. The van der Waals surface area contributed by atoms with Gasteiger partial charge in [0.05, 0.1) is 0 Å². The minimum absolute atomic E-state index is 0.679. The quantitative estimate of drug-likeness (QED) is 0.865. The Hall–Kier alpha value is -1.87. The number of pyridine rings is 1. The average Bonchev–Trinajstić information content (AvgIpc) is 2.48. The lowest BCUT2D eigenvalue weighted by Gasteiger charge is -2.10. The second-order valence-corrected chi connectivity index (χ2v) is 4.85. The van der Waals surface area contributed by atoms with E-state index in [0.29, 0.717) is 5.88 Å². The number of hydrogen-bond donors (Lipinski definition) is 1. The molecule has 0 saturated heterocycles. The lowest BCUT2D eigenvalue weighted by Crippen LogP contribution is -2.12. The Kier molecular flexibility index (Phi) is 5.13. The molecule has 2 rings (SSSR count). The summed E-state index contributed by atoms with van der Waals surface area (Å²) in [5.41, 5.74) is 3.50. The van der Waals surface area contributed by atoms with Crippen molar-refractivity contribution in [1.29, 1.82) is 0 Å². The molecule has 1 heterocycles. The molecule has 1 aromatic carbocycles. The largest absolute Gasteiger partial charge is 0.439 e. The van der Waals surface area contributed by atoms with Crippen LogP contribution in [0.1, 0.15) is 30.5 Å². The van der Waals surface area contributed by atoms with E-state index in [0.717, 1.165) is 30.8 Å². The van der Waals surface area contributed by atoms with Crippen LogP contribution in [0.25, 0.3) is 0 Å². The molecule has 0 bridgehead atoms. The normalized spacial score (nSPS) is 10.6. The fraction of sp³-hybridized carbons (Fsp3) is 0.353. The van der Waals surface area contributed by atoms with Crippen molar-refractivity contribution in [3.8, 4) is 11.6 Å². The second kappa shape index (κ2) is 7.06. The first kappa shape index (κ1) is 14.5. The summed E-state index contributed by atoms with van der Waals surface area (Å²) in [7, 11) is 0. The fourth-order valence-electron chi connectivity index (χ4n) is 2.03. The number of hydrogen-bond acceptors (Lipinski definition) is 3. The Morgan fingerprint density at radius 3 is 2.70 bits per heavy atom. The highest BCUT2D eigenvalue weighted by molar-refractivity contribution is 5.35. The van der Waals surface area contributed by atoms with Crippen molar-refractivity contribution in [2.75, 3.05) is 6.54 Å². The van der Waals surface area contributed by atoms with Gasteiger partial charge in [0.15, 0.2) is 0 Å². The molecule has 0 aliphatic carbocycles. The molecule has 0 unspecified atom stereocenters. The molecule has 0 spiro atoms. The van der Waals surface area contributed by atoms with Crippen LogP contribution in [0, 0.1) is 6.92 Å². The van der Waals surface area contributed by atoms with Gasteiger partial charge in [-0.25, -0.2) is 4.98 Å². The number of ether oxygens (including phenoxy) is 1. The molecule has 1 N–H and O–H groups in total. The molecule has 0 atom stereocenters. The molecule has 0 radical (unpaired) electrons. The lowest BCUT2D eigenvalue weighted by molar-refractivity contribution is 0.457. The minimum Gasteiger partial charge on any atom is -0.439 e. The molecule has 106 valence electrons. The maximum Gasteiger partial charge on any atom is 0.222 e. The highest BCUT2D eigenvalue weighted by Crippen LogP contribution is 2.24. The molecule has 0 aliphatic heterocycles. The number of aromatic nitrogens is 1. The molecule has 20 heavy (non-hydrogen) atoms. The predicted molar refractivity (Wildman–Crippen MR) is 82.2 cm³/mol. The predicted octanol–water partition coefficient (Wildman–Crippen LogP) is 3.85. The van der Waals surface area contributed by atoms with Crippen molar-refractivity contribution in [2.24, 2.45) is 0 Å². The smallest absolute Gasteiger partial charge is 0.222 e. The van der Waals surface area contributed by atoms with Gasteiger partial charge in [-0.1, -0.05) is 26.0 Å². The molecule has 3 nitrogen and oxygen atoms in total. The van der Waals surface area contributed by atoms with E-state index in [1.165, 1.54) is 11.1 Å². The maximum atomic E-state index is 5.88. The van der Waals surface area contributed by atoms with Gasteiger partial charge < -0.3 is 10.1 Å². The Morgan fingerprint density at radius 1 is 1.15 bits per heavy atom. The van der Waals surface area contributed by atoms with Crippen LogP contribution in [-0.2, 0) is 13.0 Å². The molecule has 0 fully saturated rings. The van der Waals surface area contributed by atoms with E-state index in [-0.39, 0.29) is 0 Å². The van der Waals surface area contributed by atoms with Crippen molar-refractivity contribution in [3.05, 3.63) is 53.2 Å². The third kappa shape index (κ3) is 3.81. The number of aryl methyl sites for hydroxylation is 2. The molecular formula is C17H22N2O. The molecule has 2 aromatic rings. The van der Waals surface area contributed by atoms with Gasteiger partial charge >= 0.3 is 0 Å². The van der Waals surface area contributed by atoms with Crippen molar-refractivity contribution >= 4 is 0 Å². The summed E-state index contributed by atoms with van der Waals surface area (Å²) in [6, 6.07) is 10.3. The summed E-state index contributed by atoms with van der Waals surface area (Å²) in [5, 5.41) is 3.30. The monoisotopic (exact) mass is 270 g/mol. The molecule has 1 aromatic heterocycles. The van der Waals surface area contributed by atoms with Crippen molar-refractivity contribution in [2.45, 2.75) is 33.7 Å². The van der Waals surface area contributed by atoms with Crippen molar-refractivity contribution < 1.29 is 4.74 Å². The van der Waals surface area contributed by atoms with Gasteiger partial charge in [-0.05, 0) is 49.2 Å². The Balaban J connectivity index is 2.12. The number of benzene rings is 1. The summed E-state index contributed by atoms with van der Waals surface area (Å²) in [5.74, 6) is 1.53. The summed E-state index contributed by atoms with van der Waals surface area (Å²) in [4.78, 5) is 4.42. The van der Waals surface area contributed by atoms with Crippen LogP contribution in [-0.4, -0.2) is 11.5 Å². The third-order valence-corrected chi connectivity index (χ3v) is 3.19. The lowest BCUT2D eigenvalue weighted by atomic mass is 10.1. The second-order valence-electron chi connectivity index (χ2n) is 4.85. The van der Waals surface area contributed by atoms with E-state index in [1.807, 2.05) is 25.3 Å². The van der Waals surface area contributed by atoms with Crippen LogP contribution >= 0.6 is 0 Å². The zero-order valence-corrected chi connectivity index (χ0v) is 12.4. The van der Waals surface area contributed by atoms with Gasteiger partial charge in [0, 0.05) is 18.3 Å². The van der Waals surface area contributed by atoms with Crippen LogP contribution in [0.4, 0.5) is 0 Å². The highest BCUT2D eigenvalue weighted by atomic mass is 16.5. The zero-order valence-electron chi connectivity index (χ0n) is 12.4. The topological polar surface area (TPSA) is 34.2 Å². The number of rotatable bonds is 6. The van der Waals surface area contributed by atoms with Crippen LogP contribution in [0.15, 0.2) is 36.5 Å². The van der Waals surface area contributed by atoms with E-state index in [4.69, 9.17) is 4.74 Å².